The summed E-state index contributed by atoms with van der Waals surface area (Å²) in [6, 6.07) is 2.05. The first-order valence-corrected chi connectivity index (χ1v) is 8.46. The molecule has 2 aliphatic rings. The molecule has 1 atom stereocenters. The number of aromatic nitrogens is 1. The summed E-state index contributed by atoms with van der Waals surface area (Å²) in [4.78, 5) is 4.51. The quantitative estimate of drug-likeness (QED) is 0.863. The van der Waals surface area contributed by atoms with Crippen molar-refractivity contribution in [3.63, 3.8) is 0 Å². The van der Waals surface area contributed by atoms with Gasteiger partial charge in [0.05, 0.1) is 17.3 Å². The molecule has 1 unspecified atom stereocenters. The van der Waals surface area contributed by atoms with Gasteiger partial charge in [0.1, 0.15) is 5.82 Å². The van der Waals surface area contributed by atoms with Gasteiger partial charge in [0.25, 0.3) is 0 Å². The molecule has 0 bridgehead atoms. The first kappa shape index (κ1) is 16.7. The molecule has 1 aromatic heterocycles. The normalized spacial score (nSPS) is 25.8. The fourth-order valence-electron chi connectivity index (χ4n) is 2.90. The second-order valence-corrected chi connectivity index (χ2v) is 7.53. The highest BCUT2D eigenvalue weighted by atomic mass is 16.7. The molecule has 0 radical (unpaired) electrons. The van der Waals surface area contributed by atoms with Crippen LogP contribution in [0.25, 0.3) is 0 Å². The van der Waals surface area contributed by atoms with Crippen LogP contribution in [0.4, 0.5) is 5.82 Å². The zero-order valence-electron chi connectivity index (χ0n) is 14.8. The summed E-state index contributed by atoms with van der Waals surface area (Å²) in [6.45, 7) is 12.0. The van der Waals surface area contributed by atoms with Gasteiger partial charge in [-0.25, -0.2) is 4.98 Å². The van der Waals surface area contributed by atoms with E-state index >= 15 is 0 Å². The Bertz CT molecular complexity index is 555. The summed E-state index contributed by atoms with van der Waals surface area (Å²) in [6.07, 6.45) is 4.44. The Hall–Kier alpha value is -1.11. The summed E-state index contributed by atoms with van der Waals surface area (Å²) in [5, 5.41) is 3.36. The number of anilines is 1. The van der Waals surface area contributed by atoms with E-state index in [9.17, 15) is 0 Å². The van der Waals surface area contributed by atoms with Gasteiger partial charge >= 0.3 is 7.12 Å². The average molecular weight is 318 g/mol. The van der Waals surface area contributed by atoms with Crippen LogP contribution in [0.15, 0.2) is 12.3 Å². The van der Waals surface area contributed by atoms with E-state index in [4.69, 9.17) is 14.0 Å². The van der Waals surface area contributed by atoms with Crippen molar-refractivity contribution in [1.29, 1.82) is 0 Å². The van der Waals surface area contributed by atoms with Crippen LogP contribution in [0.2, 0.25) is 0 Å². The number of rotatable bonds is 4. The Morgan fingerprint density at radius 1 is 1.26 bits per heavy atom. The monoisotopic (exact) mass is 318 g/mol. The number of ether oxygens (including phenoxy) is 1. The van der Waals surface area contributed by atoms with Crippen LogP contribution in [-0.4, -0.2) is 42.6 Å². The Morgan fingerprint density at radius 2 is 1.96 bits per heavy atom. The lowest BCUT2D eigenvalue weighted by Gasteiger charge is -2.32. The number of nitrogens with zero attached hydrogens (tertiary/aromatic N) is 1. The summed E-state index contributed by atoms with van der Waals surface area (Å²) < 4.78 is 17.8. The SMILES string of the molecule is Cc1cc(NCC2CCCO2)ncc1B1OC(C)(C)C(C)(C)O1. The number of aryl methyl sites for hydroxylation is 1. The van der Waals surface area contributed by atoms with Crippen LogP contribution in [0.5, 0.6) is 0 Å². The minimum absolute atomic E-state index is 0.305. The third-order valence-corrected chi connectivity index (χ3v) is 5.19. The maximum absolute atomic E-state index is 6.11. The van der Waals surface area contributed by atoms with Crippen LogP contribution in [0.3, 0.4) is 0 Å². The van der Waals surface area contributed by atoms with Gasteiger partial charge in [0.15, 0.2) is 0 Å². The Morgan fingerprint density at radius 3 is 2.52 bits per heavy atom. The molecule has 0 aliphatic carbocycles. The molecule has 1 aromatic rings. The van der Waals surface area contributed by atoms with E-state index in [0.717, 1.165) is 42.8 Å². The first-order chi connectivity index (χ1) is 10.8. The predicted octanol–water partition coefficient (Wildman–Crippen LogP) is 2.28. The molecule has 1 N–H and O–H groups in total. The lowest BCUT2D eigenvalue weighted by Crippen LogP contribution is -2.41. The molecule has 0 aromatic carbocycles. The molecular weight excluding hydrogens is 291 g/mol. The molecule has 2 aliphatic heterocycles. The Kier molecular flexibility index (Phi) is 4.42. The molecule has 0 spiro atoms. The zero-order valence-corrected chi connectivity index (χ0v) is 14.8. The van der Waals surface area contributed by atoms with Crippen molar-refractivity contribution in [1.82, 2.24) is 4.98 Å². The van der Waals surface area contributed by atoms with Crippen LogP contribution in [0, 0.1) is 6.92 Å². The minimum Gasteiger partial charge on any atom is -0.399 e. The largest absolute Gasteiger partial charge is 0.496 e. The van der Waals surface area contributed by atoms with E-state index in [1.54, 1.807) is 0 Å². The standard InChI is InChI=1S/C17H27BN2O3/c1-12-9-15(19-10-13-7-6-8-21-13)20-11-14(12)18-22-16(2,3)17(4,5)23-18/h9,11,13H,6-8,10H2,1-5H3,(H,19,20). The van der Waals surface area contributed by atoms with Crippen LogP contribution in [0.1, 0.15) is 46.1 Å². The topological polar surface area (TPSA) is 52.6 Å². The summed E-state index contributed by atoms with van der Waals surface area (Å²) in [5.41, 5.74) is 1.45. The second kappa shape index (κ2) is 6.08. The highest BCUT2D eigenvalue weighted by Crippen LogP contribution is 2.36. The molecule has 5 nitrogen and oxygen atoms in total. The van der Waals surface area contributed by atoms with Crippen molar-refractivity contribution in [2.75, 3.05) is 18.5 Å². The summed E-state index contributed by atoms with van der Waals surface area (Å²) >= 11 is 0. The Balaban J connectivity index is 1.68. The van der Waals surface area contributed by atoms with Crippen molar-refractivity contribution in [2.24, 2.45) is 0 Å². The van der Waals surface area contributed by atoms with E-state index in [-0.39, 0.29) is 18.3 Å². The van der Waals surface area contributed by atoms with Gasteiger partial charge in [0, 0.05) is 24.8 Å². The summed E-state index contributed by atoms with van der Waals surface area (Å²) in [7, 11) is -0.361. The van der Waals surface area contributed by atoms with Crippen LogP contribution < -0.4 is 10.8 Å². The summed E-state index contributed by atoms with van der Waals surface area (Å²) in [5.74, 6) is 0.873. The predicted molar refractivity (Wildman–Crippen MR) is 92.2 cm³/mol. The lowest BCUT2D eigenvalue weighted by atomic mass is 9.77. The number of hydrogen-bond acceptors (Lipinski definition) is 5. The molecule has 3 heterocycles. The van der Waals surface area contributed by atoms with Crippen molar-refractivity contribution in [3.05, 3.63) is 17.8 Å². The van der Waals surface area contributed by atoms with Crippen molar-refractivity contribution < 1.29 is 14.0 Å². The fourth-order valence-corrected chi connectivity index (χ4v) is 2.90. The third kappa shape index (κ3) is 3.39. The third-order valence-electron chi connectivity index (χ3n) is 5.19. The van der Waals surface area contributed by atoms with Gasteiger partial charge in [-0.2, -0.15) is 0 Å². The van der Waals surface area contributed by atoms with Crippen molar-refractivity contribution in [2.45, 2.75) is 64.8 Å². The molecule has 0 saturated carbocycles. The minimum atomic E-state index is -0.361. The van der Waals surface area contributed by atoms with Crippen LogP contribution >= 0.6 is 0 Å². The smallest absolute Gasteiger partial charge is 0.399 e. The van der Waals surface area contributed by atoms with Gasteiger partial charge < -0.3 is 19.4 Å². The van der Waals surface area contributed by atoms with Gasteiger partial charge in [-0.15, -0.1) is 0 Å². The molecular formula is C17H27BN2O3. The van der Waals surface area contributed by atoms with Crippen molar-refractivity contribution >= 4 is 18.4 Å². The zero-order chi connectivity index (χ0) is 16.7. The molecule has 2 fully saturated rings. The highest BCUT2D eigenvalue weighted by Gasteiger charge is 2.52. The highest BCUT2D eigenvalue weighted by molar-refractivity contribution is 6.62. The van der Waals surface area contributed by atoms with Gasteiger partial charge in [-0.1, -0.05) is 0 Å². The average Bonchev–Trinajstić information content (AvgIpc) is 3.03. The lowest BCUT2D eigenvalue weighted by molar-refractivity contribution is 0.00578. The molecule has 2 saturated heterocycles. The van der Waals surface area contributed by atoms with E-state index in [1.807, 2.05) is 6.20 Å². The van der Waals surface area contributed by atoms with E-state index in [2.05, 4.69) is 51.0 Å². The van der Waals surface area contributed by atoms with Gasteiger partial charge in [0.2, 0.25) is 0 Å². The maximum Gasteiger partial charge on any atom is 0.496 e. The maximum atomic E-state index is 6.11. The molecule has 3 rings (SSSR count). The van der Waals surface area contributed by atoms with Gasteiger partial charge in [-0.3, -0.25) is 0 Å². The first-order valence-electron chi connectivity index (χ1n) is 8.46. The van der Waals surface area contributed by atoms with Gasteiger partial charge in [-0.05, 0) is 59.1 Å². The number of nitrogens with one attached hydrogen (secondary N) is 1. The molecule has 0 amide bonds. The fraction of sp³-hybridized carbons (Fsp3) is 0.706. The Labute approximate surface area is 139 Å². The molecule has 23 heavy (non-hydrogen) atoms. The van der Waals surface area contributed by atoms with E-state index in [0.29, 0.717) is 6.10 Å². The van der Waals surface area contributed by atoms with E-state index in [1.165, 1.54) is 0 Å². The molecule has 126 valence electrons. The molecule has 6 heteroatoms. The number of hydrogen-bond donors (Lipinski definition) is 1. The number of pyridine rings is 1. The van der Waals surface area contributed by atoms with E-state index < -0.39 is 0 Å². The second-order valence-electron chi connectivity index (χ2n) is 7.53. The van der Waals surface area contributed by atoms with Crippen LogP contribution in [-0.2, 0) is 14.0 Å². The van der Waals surface area contributed by atoms with Crippen molar-refractivity contribution in [3.8, 4) is 0 Å².